The van der Waals surface area contributed by atoms with Gasteiger partial charge in [-0.2, -0.15) is 0 Å². The van der Waals surface area contributed by atoms with Gasteiger partial charge in [-0.05, 0) is 37.4 Å². The van der Waals surface area contributed by atoms with Crippen LogP contribution in [0.4, 0.5) is 0 Å². The molecule has 0 aromatic heterocycles. The molecule has 0 spiro atoms. The van der Waals surface area contributed by atoms with Crippen LogP contribution in [0.2, 0.25) is 5.02 Å². The van der Waals surface area contributed by atoms with Crippen molar-refractivity contribution < 1.29 is 0 Å². The molecule has 2 unspecified atom stereocenters. The molecule has 0 saturated heterocycles. The molecule has 2 nitrogen and oxygen atoms in total. The SMILES string of the molecule is CCC(N)C(c1ccccc1Cl)N(CC)C1CC1. The van der Waals surface area contributed by atoms with E-state index >= 15 is 0 Å². The summed E-state index contributed by atoms with van der Waals surface area (Å²) >= 11 is 6.36. The molecule has 18 heavy (non-hydrogen) atoms. The Labute approximate surface area is 115 Å². The van der Waals surface area contributed by atoms with Crippen molar-refractivity contribution in [2.24, 2.45) is 5.73 Å². The maximum Gasteiger partial charge on any atom is 0.0516 e. The highest BCUT2D eigenvalue weighted by Gasteiger charge is 2.36. The van der Waals surface area contributed by atoms with Crippen LogP contribution in [0, 0.1) is 0 Å². The normalized spacial score (nSPS) is 18.9. The van der Waals surface area contributed by atoms with Crippen LogP contribution in [0.5, 0.6) is 0 Å². The molecule has 0 amide bonds. The van der Waals surface area contributed by atoms with Crippen LogP contribution in [-0.2, 0) is 0 Å². The molecule has 1 aliphatic carbocycles. The van der Waals surface area contributed by atoms with E-state index in [2.05, 4.69) is 30.9 Å². The minimum Gasteiger partial charge on any atom is -0.326 e. The molecule has 0 bridgehead atoms. The van der Waals surface area contributed by atoms with Crippen molar-refractivity contribution in [2.45, 2.75) is 51.2 Å². The van der Waals surface area contributed by atoms with Gasteiger partial charge >= 0.3 is 0 Å². The first-order valence-corrected chi connectivity index (χ1v) is 7.32. The summed E-state index contributed by atoms with van der Waals surface area (Å²) in [6.07, 6.45) is 3.57. The van der Waals surface area contributed by atoms with Crippen LogP contribution in [-0.4, -0.2) is 23.5 Å². The van der Waals surface area contributed by atoms with Crippen molar-refractivity contribution in [3.8, 4) is 0 Å². The van der Waals surface area contributed by atoms with Gasteiger partial charge in [0.1, 0.15) is 0 Å². The van der Waals surface area contributed by atoms with Crippen molar-refractivity contribution in [3.63, 3.8) is 0 Å². The molecule has 0 radical (unpaired) electrons. The van der Waals surface area contributed by atoms with Crippen LogP contribution < -0.4 is 5.73 Å². The standard InChI is InChI=1S/C15H23ClN2/c1-3-14(17)15(18(4-2)11-9-10-11)12-7-5-6-8-13(12)16/h5-8,11,14-15H,3-4,9-10,17H2,1-2H3. The van der Waals surface area contributed by atoms with Gasteiger partial charge in [0.05, 0.1) is 6.04 Å². The molecule has 100 valence electrons. The van der Waals surface area contributed by atoms with E-state index in [1.54, 1.807) is 0 Å². The van der Waals surface area contributed by atoms with Crippen LogP contribution in [0.3, 0.4) is 0 Å². The predicted octanol–water partition coefficient (Wildman–Crippen LogP) is 3.60. The van der Waals surface area contributed by atoms with Gasteiger partial charge in [0, 0.05) is 17.1 Å². The molecule has 1 aromatic rings. The largest absolute Gasteiger partial charge is 0.326 e. The zero-order valence-corrected chi connectivity index (χ0v) is 12.0. The van der Waals surface area contributed by atoms with E-state index in [0.717, 1.165) is 18.0 Å². The molecular weight excluding hydrogens is 244 g/mol. The Kier molecular flexibility index (Phi) is 4.66. The average Bonchev–Trinajstić information content (AvgIpc) is 3.20. The molecule has 3 heteroatoms. The zero-order valence-electron chi connectivity index (χ0n) is 11.3. The van der Waals surface area contributed by atoms with Crippen LogP contribution >= 0.6 is 11.6 Å². The first-order valence-electron chi connectivity index (χ1n) is 6.94. The topological polar surface area (TPSA) is 29.3 Å². The van der Waals surface area contributed by atoms with Gasteiger partial charge in [-0.15, -0.1) is 0 Å². The second-order valence-corrected chi connectivity index (χ2v) is 5.51. The highest BCUT2D eigenvalue weighted by molar-refractivity contribution is 6.31. The van der Waals surface area contributed by atoms with E-state index in [4.69, 9.17) is 17.3 Å². The van der Waals surface area contributed by atoms with Gasteiger partial charge in [0.2, 0.25) is 0 Å². The maximum atomic E-state index is 6.36. The van der Waals surface area contributed by atoms with Gasteiger partial charge in [-0.3, -0.25) is 4.90 Å². The number of nitrogens with two attached hydrogens (primary N) is 1. The highest BCUT2D eigenvalue weighted by atomic mass is 35.5. The third-order valence-electron chi connectivity index (χ3n) is 3.84. The fourth-order valence-electron chi connectivity index (χ4n) is 2.68. The minimum atomic E-state index is 0.144. The summed E-state index contributed by atoms with van der Waals surface area (Å²) in [4.78, 5) is 2.52. The smallest absolute Gasteiger partial charge is 0.0516 e. The molecular formula is C15H23ClN2. The van der Waals surface area contributed by atoms with E-state index in [1.807, 2.05) is 12.1 Å². The molecule has 1 aliphatic rings. The molecule has 1 fully saturated rings. The van der Waals surface area contributed by atoms with Crippen molar-refractivity contribution in [2.75, 3.05) is 6.54 Å². The lowest BCUT2D eigenvalue weighted by molar-refractivity contribution is 0.168. The lowest BCUT2D eigenvalue weighted by atomic mass is 9.96. The van der Waals surface area contributed by atoms with Gasteiger partial charge < -0.3 is 5.73 Å². The van der Waals surface area contributed by atoms with Crippen LogP contribution in [0.25, 0.3) is 0 Å². The van der Waals surface area contributed by atoms with Crippen LogP contribution in [0.15, 0.2) is 24.3 Å². The lowest BCUT2D eigenvalue weighted by Crippen LogP contribution is -2.42. The third-order valence-corrected chi connectivity index (χ3v) is 4.18. The first kappa shape index (κ1) is 13.9. The monoisotopic (exact) mass is 266 g/mol. The first-order chi connectivity index (χ1) is 8.69. The van der Waals surface area contributed by atoms with Gasteiger partial charge in [-0.1, -0.05) is 43.6 Å². The molecule has 1 saturated carbocycles. The van der Waals surface area contributed by atoms with E-state index in [0.29, 0.717) is 6.04 Å². The number of nitrogens with zero attached hydrogens (tertiary/aromatic N) is 1. The maximum absolute atomic E-state index is 6.36. The van der Waals surface area contributed by atoms with E-state index < -0.39 is 0 Å². The number of benzene rings is 1. The molecule has 2 rings (SSSR count). The molecule has 0 aliphatic heterocycles. The minimum absolute atomic E-state index is 0.144. The summed E-state index contributed by atoms with van der Waals surface area (Å²) in [6.45, 7) is 5.40. The van der Waals surface area contributed by atoms with Crippen molar-refractivity contribution >= 4 is 11.6 Å². The predicted molar refractivity (Wildman–Crippen MR) is 77.9 cm³/mol. The second kappa shape index (κ2) is 6.05. The summed E-state index contributed by atoms with van der Waals surface area (Å²) < 4.78 is 0. The fraction of sp³-hybridized carbons (Fsp3) is 0.600. The van der Waals surface area contributed by atoms with Gasteiger partial charge in [-0.25, -0.2) is 0 Å². The molecule has 0 heterocycles. The quantitative estimate of drug-likeness (QED) is 0.852. The van der Waals surface area contributed by atoms with Gasteiger partial charge in [0.25, 0.3) is 0 Å². The summed E-state index contributed by atoms with van der Waals surface area (Å²) in [5.41, 5.74) is 7.54. The Bertz CT molecular complexity index is 390. The van der Waals surface area contributed by atoms with Crippen molar-refractivity contribution in [3.05, 3.63) is 34.9 Å². The molecule has 1 aromatic carbocycles. The van der Waals surface area contributed by atoms with E-state index in [9.17, 15) is 0 Å². The number of likely N-dealkylation sites (N-methyl/N-ethyl adjacent to an activating group) is 1. The Morgan fingerprint density at radius 2 is 2.00 bits per heavy atom. The summed E-state index contributed by atoms with van der Waals surface area (Å²) in [5, 5.41) is 0.838. The summed E-state index contributed by atoms with van der Waals surface area (Å²) in [5.74, 6) is 0. The summed E-state index contributed by atoms with van der Waals surface area (Å²) in [7, 11) is 0. The zero-order chi connectivity index (χ0) is 13.1. The summed E-state index contributed by atoms with van der Waals surface area (Å²) in [6, 6.07) is 9.21. The van der Waals surface area contributed by atoms with E-state index in [1.165, 1.54) is 18.4 Å². The number of halogens is 1. The highest BCUT2D eigenvalue weighted by Crippen LogP contribution is 2.38. The second-order valence-electron chi connectivity index (χ2n) is 5.10. The number of rotatable bonds is 6. The Balaban J connectivity index is 2.32. The fourth-order valence-corrected chi connectivity index (χ4v) is 2.93. The van der Waals surface area contributed by atoms with Crippen LogP contribution in [0.1, 0.15) is 44.7 Å². The Morgan fingerprint density at radius 3 is 2.50 bits per heavy atom. The van der Waals surface area contributed by atoms with E-state index in [-0.39, 0.29) is 12.1 Å². The Hall–Kier alpha value is -0.570. The molecule has 2 N–H and O–H groups in total. The third kappa shape index (κ3) is 2.87. The van der Waals surface area contributed by atoms with Gasteiger partial charge in [0.15, 0.2) is 0 Å². The average molecular weight is 267 g/mol. The lowest BCUT2D eigenvalue weighted by Gasteiger charge is -2.35. The number of hydrogen-bond donors (Lipinski definition) is 1. The molecule has 2 atom stereocenters. The van der Waals surface area contributed by atoms with Crippen molar-refractivity contribution in [1.82, 2.24) is 4.90 Å². The van der Waals surface area contributed by atoms with Crippen molar-refractivity contribution in [1.29, 1.82) is 0 Å². The Morgan fingerprint density at radius 1 is 1.33 bits per heavy atom. The number of hydrogen-bond acceptors (Lipinski definition) is 2.